The Morgan fingerprint density at radius 3 is 2.40 bits per heavy atom. The van der Waals surface area contributed by atoms with Gasteiger partial charge in [-0.05, 0) is 56.5 Å². The fourth-order valence-corrected chi connectivity index (χ4v) is 2.98. The minimum Gasteiger partial charge on any atom is -0.465 e. The molecule has 0 fully saturated rings. The van der Waals surface area contributed by atoms with E-state index in [1.807, 2.05) is 44.2 Å². The van der Waals surface area contributed by atoms with E-state index in [0.29, 0.717) is 11.3 Å². The van der Waals surface area contributed by atoms with Gasteiger partial charge >= 0.3 is 0 Å². The summed E-state index contributed by atoms with van der Waals surface area (Å²) in [7, 11) is 0. The zero-order valence-electron chi connectivity index (χ0n) is 17.2. The fraction of sp³-hybridized carbons (Fsp3) is 0.200. The van der Waals surface area contributed by atoms with E-state index in [2.05, 4.69) is 22.8 Å². The van der Waals surface area contributed by atoms with E-state index in [9.17, 15) is 9.59 Å². The second-order valence-electron chi connectivity index (χ2n) is 7.29. The molecule has 0 aliphatic heterocycles. The highest BCUT2D eigenvalue weighted by Gasteiger charge is 2.17. The van der Waals surface area contributed by atoms with Crippen molar-refractivity contribution >= 4 is 17.9 Å². The van der Waals surface area contributed by atoms with Gasteiger partial charge in [0.25, 0.3) is 11.8 Å². The first-order valence-corrected chi connectivity index (χ1v) is 9.99. The van der Waals surface area contributed by atoms with Crippen LogP contribution in [0.15, 0.2) is 83.1 Å². The van der Waals surface area contributed by atoms with Crippen LogP contribution in [0.1, 0.15) is 40.6 Å². The molecular formula is C25H26N2O3. The SMILES string of the molecule is Cc1ccc(C(=O)N/C(=C\c2ccco2)C(=O)N[C@@H](C)CCc2ccccc2)cc1. The lowest BCUT2D eigenvalue weighted by atomic mass is 10.1. The average molecular weight is 402 g/mol. The maximum absolute atomic E-state index is 12.9. The monoisotopic (exact) mass is 402 g/mol. The van der Waals surface area contributed by atoms with Crippen molar-refractivity contribution in [1.82, 2.24) is 10.6 Å². The lowest BCUT2D eigenvalue weighted by molar-refractivity contribution is -0.118. The summed E-state index contributed by atoms with van der Waals surface area (Å²) in [6.07, 6.45) is 4.70. The van der Waals surface area contributed by atoms with Crippen molar-refractivity contribution in [3.63, 3.8) is 0 Å². The maximum Gasteiger partial charge on any atom is 0.268 e. The van der Waals surface area contributed by atoms with Crippen LogP contribution in [0.5, 0.6) is 0 Å². The van der Waals surface area contributed by atoms with Crippen molar-refractivity contribution in [3.8, 4) is 0 Å². The van der Waals surface area contributed by atoms with Gasteiger partial charge in [-0.25, -0.2) is 0 Å². The number of carbonyl (C=O) groups is 2. The van der Waals surface area contributed by atoms with E-state index in [1.165, 1.54) is 17.9 Å². The number of amides is 2. The molecule has 2 aromatic carbocycles. The topological polar surface area (TPSA) is 71.3 Å². The Hall–Kier alpha value is -3.60. The van der Waals surface area contributed by atoms with Gasteiger partial charge in [0.15, 0.2) is 0 Å². The summed E-state index contributed by atoms with van der Waals surface area (Å²) >= 11 is 0. The molecule has 5 heteroatoms. The summed E-state index contributed by atoms with van der Waals surface area (Å²) in [6, 6.07) is 20.7. The highest BCUT2D eigenvalue weighted by atomic mass is 16.3. The number of furan rings is 1. The quantitative estimate of drug-likeness (QED) is 0.545. The Kier molecular flexibility index (Phi) is 7.22. The van der Waals surface area contributed by atoms with Crippen LogP contribution in [0.3, 0.4) is 0 Å². The van der Waals surface area contributed by atoms with Gasteiger partial charge in [-0.3, -0.25) is 9.59 Å². The molecule has 0 bridgehead atoms. The third-order valence-electron chi connectivity index (χ3n) is 4.72. The molecule has 0 unspecified atom stereocenters. The molecule has 0 saturated heterocycles. The van der Waals surface area contributed by atoms with Crippen molar-refractivity contribution in [2.45, 2.75) is 32.7 Å². The molecule has 5 nitrogen and oxygen atoms in total. The third-order valence-corrected chi connectivity index (χ3v) is 4.72. The minimum atomic E-state index is -0.354. The second-order valence-corrected chi connectivity index (χ2v) is 7.29. The predicted octanol–water partition coefficient (Wildman–Crippen LogP) is 4.50. The number of rotatable bonds is 8. The van der Waals surface area contributed by atoms with Gasteiger partial charge in [0.05, 0.1) is 6.26 Å². The van der Waals surface area contributed by atoms with Crippen molar-refractivity contribution < 1.29 is 14.0 Å². The fourth-order valence-electron chi connectivity index (χ4n) is 2.98. The molecule has 0 aliphatic carbocycles. The Labute approximate surface area is 176 Å². The van der Waals surface area contributed by atoms with Crippen LogP contribution in [0.2, 0.25) is 0 Å². The predicted molar refractivity (Wildman–Crippen MR) is 118 cm³/mol. The normalized spacial score (nSPS) is 12.3. The molecule has 1 aromatic heterocycles. The first kappa shape index (κ1) is 21.1. The van der Waals surface area contributed by atoms with Gasteiger partial charge in [0, 0.05) is 17.7 Å². The minimum absolute atomic E-state index is 0.0611. The first-order chi connectivity index (χ1) is 14.5. The number of hydrogen-bond acceptors (Lipinski definition) is 3. The molecule has 1 heterocycles. The summed E-state index contributed by atoms with van der Waals surface area (Å²) in [6.45, 7) is 3.90. The molecule has 2 amide bonds. The lowest BCUT2D eigenvalue weighted by Gasteiger charge is -2.16. The summed E-state index contributed by atoms with van der Waals surface area (Å²) in [4.78, 5) is 25.5. The van der Waals surface area contributed by atoms with Gasteiger partial charge in [0.1, 0.15) is 11.5 Å². The number of aryl methyl sites for hydroxylation is 2. The zero-order chi connectivity index (χ0) is 21.3. The molecule has 154 valence electrons. The third kappa shape index (κ3) is 6.21. The second kappa shape index (κ2) is 10.3. The van der Waals surface area contributed by atoms with Gasteiger partial charge in [0.2, 0.25) is 0 Å². The highest BCUT2D eigenvalue weighted by molar-refractivity contribution is 6.05. The Balaban J connectivity index is 1.67. The van der Waals surface area contributed by atoms with Gasteiger partial charge < -0.3 is 15.1 Å². The Morgan fingerprint density at radius 2 is 1.73 bits per heavy atom. The van der Waals surface area contributed by atoms with Gasteiger partial charge in [-0.2, -0.15) is 0 Å². The molecule has 0 radical (unpaired) electrons. The van der Waals surface area contributed by atoms with E-state index in [0.717, 1.165) is 18.4 Å². The number of benzene rings is 2. The van der Waals surface area contributed by atoms with Crippen molar-refractivity contribution in [2.24, 2.45) is 0 Å². The Morgan fingerprint density at radius 1 is 1.00 bits per heavy atom. The van der Waals surface area contributed by atoms with Crippen molar-refractivity contribution in [1.29, 1.82) is 0 Å². The maximum atomic E-state index is 12.9. The molecule has 0 spiro atoms. The highest BCUT2D eigenvalue weighted by Crippen LogP contribution is 2.10. The van der Waals surface area contributed by atoms with Crippen LogP contribution >= 0.6 is 0 Å². The smallest absolute Gasteiger partial charge is 0.268 e. The molecule has 1 atom stereocenters. The van der Waals surface area contributed by atoms with E-state index in [-0.39, 0.29) is 23.6 Å². The number of nitrogens with one attached hydrogen (secondary N) is 2. The van der Waals surface area contributed by atoms with E-state index < -0.39 is 0 Å². The van der Waals surface area contributed by atoms with E-state index in [1.54, 1.807) is 24.3 Å². The molecule has 0 saturated carbocycles. The Bertz CT molecular complexity index is 991. The standard InChI is InChI=1S/C25H26N2O3/c1-18-10-14-21(15-11-18)24(28)27-23(17-22-9-6-16-30-22)25(29)26-19(2)12-13-20-7-4-3-5-8-20/h3-11,14-17,19H,12-13H2,1-2H3,(H,26,29)(H,27,28)/b23-17-/t19-/m0/s1. The van der Waals surface area contributed by atoms with Crippen LogP contribution < -0.4 is 10.6 Å². The summed E-state index contributed by atoms with van der Waals surface area (Å²) < 4.78 is 5.32. The zero-order valence-corrected chi connectivity index (χ0v) is 17.2. The van der Waals surface area contributed by atoms with Crippen LogP contribution in [-0.2, 0) is 11.2 Å². The summed E-state index contributed by atoms with van der Waals surface area (Å²) in [5, 5.41) is 5.69. The van der Waals surface area contributed by atoms with Gasteiger partial charge in [-0.1, -0.05) is 48.0 Å². The lowest BCUT2D eigenvalue weighted by Crippen LogP contribution is -2.39. The number of carbonyl (C=O) groups excluding carboxylic acids is 2. The van der Waals surface area contributed by atoms with Crippen LogP contribution in [0.4, 0.5) is 0 Å². The molecule has 0 aliphatic rings. The summed E-state index contributed by atoms with van der Waals surface area (Å²) in [5.74, 6) is -0.214. The van der Waals surface area contributed by atoms with E-state index in [4.69, 9.17) is 4.42 Å². The van der Waals surface area contributed by atoms with E-state index >= 15 is 0 Å². The molecule has 3 aromatic rings. The molecular weight excluding hydrogens is 376 g/mol. The molecule has 2 N–H and O–H groups in total. The molecule has 30 heavy (non-hydrogen) atoms. The molecule has 3 rings (SSSR count). The number of hydrogen-bond donors (Lipinski definition) is 2. The van der Waals surface area contributed by atoms with Crippen molar-refractivity contribution in [2.75, 3.05) is 0 Å². The van der Waals surface area contributed by atoms with Crippen LogP contribution in [0, 0.1) is 6.92 Å². The summed E-state index contributed by atoms with van der Waals surface area (Å²) in [5.41, 5.74) is 2.90. The largest absolute Gasteiger partial charge is 0.465 e. The first-order valence-electron chi connectivity index (χ1n) is 9.99. The average Bonchev–Trinajstić information content (AvgIpc) is 3.26. The van der Waals surface area contributed by atoms with Gasteiger partial charge in [-0.15, -0.1) is 0 Å². The van der Waals surface area contributed by atoms with Crippen LogP contribution in [-0.4, -0.2) is 17.9 Å². The van der Waals surface area contributed by atoms with Crippen molar-refractivity contribution in [3.05, 3.63) is 101 Å². The van der Waals surface area contributed by atoms with Crippen LogP contribution in [0.25, 0.3) is 6.08 Å².